The number of nitrogens with zero attached hydrogens (tertiary/aromatic N) is 4. The van der Waals surface area contributed by atoms with Gasteiger partial charge in [0.2, 0.25) is 11.9 Å². The molecule has 6 N–H and O–H groups in total. The van der Waals surface area contributed by atoms with E-state index in [-0.39, 0.29) is 24.8 Å². The standard InChI is InChI=1S/C31H43ClFN5O7/c32-22-13-35-30(36-14-22)37-6-4-31(5-7-37)11-21(31)3-8-45-23-2-1-20(24(33)10-23)9-27(42)38-16-19(17-38)12-34-15-25(40)28(43)29(44)26(41)18-39/h1-2,10,13-14,19,21,25-26,28-29,34,39-41,43-44H,3-9,11-12,15-18H2. The maximum absolute atomic E-state index is 14.8. The topological polar surface area (TPSA) is 172 Å². The van der Waals surface area contributed by atoms with Crippen molar-refractivity contribution in [2.75, 3.05) is 57.4 Å². The number of piperidine rings is 1. The lowest BCUT2D eigenvalue weighted by molar-refractivity contribution is -0.136. The first-order valence-corrected chi connectivity index (χ1v) is 15.9. The summed E-state index contributed by atoms with van der Waals surface area (Å²) in [5, 5.41) is 51.3. The summed E-state index contributed by atoms with van der Waals surface area (Å²) in [4.78, 5) is 25.2. The van der Waals surface area contributed by atoms with Gasteiger partial charge in [-0.3, -0.25) is 4.79 Å². The molecule has 2 aliphatic heterocycles. The number of halogens is 2. The fourth-order valence-electron chi connectivity index (χ4n) is 6.45. The van der Waals surface area contributed by atoms with E-state index in [0.717, 1.165) is 38.3 Å². The number of benzene rings is 1. The second kappa shape index (κ2) is 14.8. The van der Waals surface area contributed by atoms with E-state index in [0.29, 0.717) is 53.9 Å². The molecule has 14 heteroatoms. The van der Waals surface area contributed by atoms with E-state index in [2.05, 4.69) is 20.2 Å². The van der Waals surface area contributed by atoms with Crippen molar-refractivity contribution < 1.29 is 39.5 Å². The predicted octanol–water partition coefficient (Wildman–Crippen LogP) is 0.371. The van der Waals surface area contributed by atoms with Gasteiger partial charge in [-0.05, 0) is 48.6 Å². The summed E-state index contributed by atoms with van der Waals surface area (Å²) in [6.45, 7) is 2.99. The van der Waals surface area contributed by atoms with Crippen LogP contribution in [-0.2, 0) is 11.2 Å². The minimum Gasteiger partial charge on any atom is -0.493 e. The Morgan fingerprint density at radius 1 is 1.11 bits per heavy atom. The van der Waals surface area contributed by atoms with Gasteiger partial charge in [0.25, 0.3) is 0 Å². The summed E-state index contributed by atoms with van der Waals surface area (Å²) in [6.07, 6.45) is 1.27. The Hall–Kier alpha value is -2.65. The highest BCUT2D eigenvalue weighted by atomic mass is 35.5. The zero-order chi connectivity index (χ0) is 32.1. The number of aliphatic hydroxyl groups is 5. The highest BCUT2D eigenvalue weighted by Gasteiger charge is 2.54. The van der Waals surface area contributed by atoms with Crippen LogP contribution in [-0.4, -0.2) is 123 Å². The Bertz CT molecular complexity index is 1280. The number of rotatable bonds is 15. The summed E-state index contributed by atoms with van der Waals surface area (Å²) >= 11 is 5.90. The van der Waals surface area contributed by atoms with Crippen molar-refractivity contribution in [3.63, 3.8) is 0 Å². The van der Waals surface area contributed by atoms with E-state index >= 15 is 0 Å². The van der Waals surface area contributed by atoms with Crippen LogP contribution in [0.4, 0.5) is 10.3 Å². The van der Waals surface area contributed by atoms with E-state index in [1.54, 1.807) is 29.4 Å². The number of carbonyl (C=O) groups is 1. The SMILES string of the molecule is O=C(Cc1ccc(OCCC2CC23CCN(c2ncc(Cl)cn2)CC3)cc1F)N1CC(CNCC(O)C(O)C(O)C(O)CO)C1. The molecule has 5 rings (SSSR count). The highest BCUT2D eigenvalue weighted by molar-refractivity contribution is 6.30. The molecule has 45 heavy (non-hydrogen) atoms. The first-order chi connectivity index (χ1) is 21.6. The molecule has 2 aromatic rings. The van der Waals surface area contributed by atoms with Gasteiger partial charge in [-0.2, -0.15) is 0 Å². The zero-order valence-electron chi connectivity index (χ0n) is 25.1. The largest absolute Gasteiger partial charge is 0.493 e. The molecule has 1 aromatic heterocycles. The summed E-state index contributed by atoms with van der Waals surface area (Å²) in [5.41, 5.74) is 0.666. The number of hydrogen-bond donors (Lipinski definition) is 6. The maximum atomic E-state index is 14.8. The van der Waals surface area contributed by atoms with E-state index in [9.17, 15) is 29.6 Å². The van der Waals surface area contributed by atoms with Crippen LogP contribution < -0.4 is 15.0 Å². The summed E-state index contributed by atoms with van der Waals surface area (Å²) in [7, 11) is 0. The summed E-state index contributed by atoms with van der Waals surface area (Å²) in [6, 6.07) is 4.65. The van der Waals surface area contributed by atoms with Crippen LogP contribution in [0.2, 0.25) is 5.02 Å². The molecule has 1 saturated carbocycles. The molecule has 248 valence electrons. The Morgan fingerprint density at radius 3 is 2.47 bits per heavy atom. The molecule has 0 bridgehead atoms. The molecular formula is C31H43ClFN5O7. The molecule has 5 unspecified atom stereocenters. The Labute approximate surface area is 266 Å². The number of likely N-dealkylation sites (tertiary alicyclic amines) is 1. The van der Waals surface area contributed by atoms with Gasteiger partial charge >= 0.3 is 0 Å². The second-order valence-electron chi connectivity index (χ2n) is 12.6. The van der Waals surface area contributed by atoms with Crippen LogP contribution in [0.1, 0.15) is 31.2 Å². The molecular weight excluding hydrogens is 609 g/mol. The van der Waals surface area contributed by atoms with Gasteiger partial charge in [0, 0.05) is 51.3 Å². The number of aromatic nitrogens is 2. The zero-order valence-corrected chi connectivity index (χ0v) is 25.9. The van der Waals surface area contributed by atoms with E-state index in [1.165, 1.54) is 12.5 Å². The van der Waals surface area contributed by atoms with E-state index < -0.39 is 36.8 Å². The highest BCUT2D eigenvalue weighted by Crippen LogP contribution is 2.61. The van der Waals surface area contributed by atoms with Crippen molar-refractivity contribution in [2.24, 2.45) is 17.3 Å². The predicted molar refractivity (Wildman–Crippen MR) is 163 cm³/mol. The van der Waals surface area contributed by atoms with Crippen LogP contribution in [0.15, 0.2) is 30.6 Å². The number of nitrogens with one attached hydrogen (secondary N) is 1. The van der Waals surface area contributed by atoms with Crippen molar-refractivity contribution in [3.8, 4) is 5.75 Å². The third-order valence-electron chi connectivity index (χ3n) is 9.53. The minimum atomic E-state index is -1.67. The van der Waals surface area contributed by atoms with Crippen molar-refractivity contribution in [1.29, 1.82) is 0 Å². The first kappa shape index (κ1) is 33.7. The van der Waals surface area contributed by atoms with Crippen LogP contribution >= 0.6 is 11.6 Å². The fraction of sp³-hybridized carbons (Fsp3) is 0.645. The minimum absolute atomic E-state index is 0.0400. The summed E-state index contributed by atoms with van der Waals surface area (Å²) < 4.78 is 20.7. The average molecular weight is 652 g/mol. The van der Waals surface area contributed by atoms with Gasteiger partial charge in [-0.1, -0.05) is 17.7 Å². The number of amides is 1. The molecule has 5 atom stereocenters. The molecule has 2 saturated heterocycles. The summed E-state index contributed by atoms with van der Waals surface area (Å²) in [5.74, 6) is 1.24. The lowest BCUT2D eigenvalue weighted by atomic mass is 9.90. The van der Waals surface area contributed by atoms with Gasteiger partial charge in [-0.25, -0.2) is 14.4 Å². The first-order valence-electron chi connectivity index (χ1n) is 15.5. The Morgan fingerprint density at radius 2 is 1.80 bits per heavy atom. The van der Waals surface area contributed by atoms with Gasteiger partial charge in [0.1, 0.15) is 29.9 Å². The van der Waals surface area contributed by atoms with E-state index in [1.807, 2.05) is 0 Å². The molecule has 1 spiro atoms. The molecule has 1 amide bonds. The molecule has 0 radical (unpaired) electrons. The third kappa shape index (κ3) is 8.39. The number of aliphatic hydroxyl groups excluding tert-OH is 5. The van der Waals surface area contributed by atoms with Crippen molar-refractivity contribution in [3.05, 3.63) is 47.0 Å². The quantitative estimate of drug-likeness (QED) is 0.157. The fourth-order valence-corrected chi connectivity index (χ4v) is 6.55. The number of hydrogen-bond acceptors (Lipinski definition) is 11. The third-order valence-corrected chi connectivity index (χ3v) is 9.73. The molecule has 12 nitrogen and oxygen atoms in total. The lowest BCUT2D eigenvalue weighted by Gasteiger charge is -2.39. The Balaban J connectivity index is 0.960. The maximum Gasteiger partial charge on any atom is 0.227 e. The van der Waals surface area contributed by atoms with Gasteiger partial charge < -0.3 is 45.4 Å². The second-order valence-corrected chi connectivity index (χ2v) is 13.1. The van der Waals surface area contributed by atoms with Gasteiger partial charge in [0.15, 0.2) is 0 Å². The monoisotopic (exact) mass is 651 g/mol. The van der Waals surface area contributed by atoms with Gasteiger partial charge in [-0.15, -0.1) is 0 Å². The smallest absolute Gasteiger partial charge is 0.227 e. The van der Waals surface area contributed by atoms with Crippen molar-refractivity contribution in [2.45, 2.75) is 56.5 Å². The van der Waals surface area contributed by atoms with E-state index in [4.69, 9.17) is 21.4 Å². The van der Waals surface area contributed by atoms with Crippen LogP contribution in [0.5, 0.6) is 5.75 Å². The van der Waals surface area contributed by atoms with Crippen LogP contribution in [0.25, 0.3) is 0 Å². The molecule has 3 fully saturated rings. The van der Waals surface area contributed by atoms with Crippen LogP contribution in [0, 0.1) is 23.1 Å². The van der Waals surface area contributed by atoms with Crippen molar-refractivity contribution >= 4 is 23.5 Å². The average Bonchev–Trinajstić information content (AvgIpc) is 3.69. The number of carbonyl (C=O) groups excluding carboxylic acids is 1. The normalized spacial score (nSPS) is 22.1. The number of ether oxygens (including phenoxy) is 1. The number of anilines is 1. The molecule has 1 aromatic carbocycles. The molecule has 1 aliphatic carbocycles. The van der Waals surface area contributed by atoms with Gasteiger partial charge in [0.05, 0.1) is 43.2 Å². The molecule has 3 heterocycles. The van der Waals surface area contributed by atoms with Crippen molar-refractivity contribution in [1.82, 2.24) is 20.2 Å². The Kier molecular flexibility index (Phi) is 11.1. The van der Waals surface area contributed by atoms with Crippen LogP contribution in [0.3, 0.4) is 0 Å². The lowest BCUT2D eigenvalue weighted by Crippen LogP contribution is -2.55. The molecule has 3 aliphatic rings.